The van der Waals surface area contributed by atoms with Gasteiger partial charge in [-0.15, -0.1) is 0 Å². The van der Waals surface area contributed by atoms with E-state index in [-0.39, 0.29) is 0 Å². The minimum absolute atomic E-state index is 0.847. The van der Waals surface area contributed by atoms with Crippen LogP contribution in [-0.2, 0) is 0 Å². The minimum atomic E-state index is 0.847. The summed E-state index contributed by atoms with van der Waals surface area (Å²) in [6.07, 6.45) is 8.49. The second-order valence-electron chi connectivity index (χ2n) is 4.79. The molecule has 0 saturated carbocycles. The summed E-state index contributed by atoms with van der Waals surface area (Å²) in [5.41, 5.74) is 5.92. The standard InChI is InChI=1S/C18H20O/c1-5-15-12-17(19-4)9-10-18(15)14(3)16-8-6-7-13(2)11-16/h5,7,9-12H,1,3,6,8H2,2,4H3. The maximum atomic E-state index is 5.25. The number of rotatable bonds is 4. The molecule has 0 fully saturated rings. The lowest BCUT2D eigenvalue weighted by molar-refractivity contribution is 0.414. The molecule has 0 heterocycles. The van der Waals surface area contributed by atoms with Gasteiger partial charge in [-0.2, -0.15) is 0 Å². The highest BCUT2D eigenvalue weighted by atomic mass is 16.5. The lowest BCUT2D eigenvalue weighted by Gasteiger charge is -2.17. The van der Waals surface area contributed by atoms with Crippen molar-refractivity contribution >= 4 is 11.6 Å². The van der Waals surface area contributed by atoms with E-state index < -0.39 is 0 Å². The molecular formula is C18H20O. The number of methoxy groups -OCH3 is 1. The summed E-state index contributed by atoms with van der Waals surface area (Å²) in [6, 6.07) is 6.03. The Morgan fingerprint density at radius 1 is 1.37 bits per heavy atom. The van der Waals surface area contributed by atoms with Gasteiger partial charge in [-0.05, 0) is 54.2 Å². The van der Waals surface area contributed by atoms with Crippen LogP contribution in [0, 0.1) is 0 Å². The van der Waals surface area contributed by atoms with Crippen LogP contribution in [0.1, 0.15) is 30.9 Å². The zero-order valence-corrected chi connectivity index (χ0v) is 11.7. The molecule has 0 amide bonds. The van der Waals surface area contributed by atoms with Gasteiger partial charge in [0.05, 0.1) is 7.11 Å². The van der Waals surface area contributed by atoms with Crippen molar-refractivity contribution in [3.05, 3.63) is 65.8 Å². The first kappa shape index (κ1) is 13.4. The van der Waals surface area contributed by atoms with E-state index in [9.17, 15) is 0 Å². The Balaban J connectivity index is 2.39. The predicted molar refractivity (Wildman–Crippen MR) is 83.2 cm³/mol. The van der Waals surface area contributed by atoms with Crippen molar-refractivity contribution in [2.45, 2.75) is 19.8 Å². The summed E-state index contributed by atoms with van der Waals surface area (Å²) >= 11 is 0. The zero-order chi connectivity index (χ0) is 13.8. The third kappa shape index (κ3) is 2.87. The van der Waals surface area contributed by atoms with Crippen LogP contribution in [-0.4, -0.2) is 7.11 Å². The molecule has 1 aromatic carbocycles. The molecule has 0 N–H and O–H groups in total. The molecule has 1 aliphatic carbocycles. The van der Waals surface area contributed by atoms with Gasteiger partial charge < -0.3 is 4.74 Å². The highest BCUT2D eigenvalue weighted by Gasteiger charge is 2.11. The van der Waals surface area contributed by atoms with Gasteiger partial charge in [-0.3, -0.25) is 0 Å². The Kier molecular flexibility index (Phi) is 4.06. The molecule has 1 heteroatoms. The smallest absolute Gasteiger partial charge is 0.119 e. The Morgan fingerprint density at radius 2 is 2.16 bits per heavy atom. The lowest BCUT2D eigenvalue weighted by Crippen LogP contribution is -1.96. The van der Waals surface area contributed by atoms with Crippen LogP contribution >= 0.6 is 0 Å². The molecular weight excluding hydrogens is 232 g/mol. The largest absolute Gasteiger partial charge is 0.497 e. The number of allylic oxidation sites excluding steroid dienone is 5. The first-order valence-electron chi connectivity index (χ1n) is 6.53. The van der Waals surface area contributed by atoms with Crippen molar-refractivity contribution in [2.24, 2.45) is 0 Å². The summed E-state index contributed by atoms with van der Waals surface area (Å²) in [6.45, 7) is 10.3. The van der Waals surface area contributed by atoms with E-state index in [4.69, 9.17) is 4.74 Å². The molecule has 19 heavy (non-hydrogen) atoms. The van der Waals surface area contributed by atoms with Crippen LogP contribution in [0.25, 0.3) is 11.6 Å². The topological polar surface area (TPSA) is 9.23 Å². The molecule has 1 nitrogen and oxygen atoms in total. The highest BCUT2D eigenvalue weighted by Crippen LogP contribution is 2.32. The molecule has 98 valence electrons. The van der Waals surface area contributed by atoms with Crippen LogP contribution in [0.5, 0.6) is 5.75 Å². The molecule has 0 unspecified atom stereocenters. The third-order valence-electron chi connectivity index (χ3n) is 3.47. The number of hydrogen-bond acceptors (Lipinski definition) is 1. The maximum absolute atomic E-state index is 5.25. The van der Waals surface area contributed by atoms with Gasteiger partial charge in [-0.25, -0.2) is 0 Å². The number of hydrogen-bond donors (Lipinski definition) is 0. The van der Waals surface area contributed by atoms with Crippen LogP contribution < -0.4 is 4.74 Å². The molecule has 0 radical (unpaired) electrons. The summed E-state index contributed by atoms with van der Waals surface area (Å²) in [5, 5.41) is 0. The second kappa shape index (κ2) is 5.75. The zero-order valence-electron chi connectivity index (χ0n) is 11.7. The molecule has 0 bridgehead atoms. The van der Waals surface area contributed by atoms with E-state index in [0.29, 0.717) is 0 Å². The normalized spacial score (nSPS) is 14.4. The summed E-state index contributed by atoms with van der Waals surface area (Å²) in [4.78, 5) is 0. The monoisotopic (exact) mass is 252 g/mol. The van der Waals surface area contributed by atoms with Gasteiger partial charge in [0, 0.05) is 0 Å². The van der Waals surface area contributed by atoms with Crippen molar-refractivity contribution in [2.75, 3.05) is 7.11 Å². The molecule has 1 aromatic rings. The van der Waals surface area contributed by atoms with Gasteiger partial charge in [0.15, 0.2) is 0 Å². The third-order valence-corrected chi connectivity index (χ3v) is 3.47. The number of benzene rings is 1. The van der Waals surface area contributed by atoms with Gasteiger partial charge in [0.2, 0.25) is 0 Å². The minimum Gasteiger partial charge on any atom is -0.497 e. The van der Waals surface area contributed by atoms with Crippen LogP contribution in [0.15, 0.2) is 54.7 Å². The second-order valence-corrected chi connectivity index (χ2v) is 4.79. The average molecular weight is 252 g/mol. The van der Waals surface area contributed by atoms with Gasteiger partial charge in [-0.1, -0.05) is 43.0 Å². The van der Waals surface area contributed by atoms with Crippen LogP contribution in [0.4, 0.5) is 0 Å². The van der Waals surface area contributed by atoms with Crippen molar-refractivity contribution in [3.8, 4) is 5.75 Å². The van der Waals surface area contributed by atoms with Crippen molar-refractivity contribution in [1.82, 2.24) is 0 Å². The number of ether oxygens (including phenoxy) is 1. The lowest BCUT2D eigenvalue weighted by atomic mass is 9.89. The van der Waals surface area contributed by atoms with Gasteiger partial charge >= 0.3 is 0 Å². The predicted octanol–water partition coefficient (Wildman–Crippen LogP) is 5.02. The van der Waals surface area contributed by atoms with Crippen LogP contribution in [0.3, 0.4) is 0 Å². The van der Waals surface area contributed by atoms with Gasteiger partial charge in [0.25, 0.3) is 0 Å². The van der Waals surface area contributed by atoms with E-state index in [0.717, 1.165) is 35.3 Å². The molecule has 0 atom stereocenters. The Labute approximate surface area is 115 Å². The van der Waals surface area contributed by atoms with Crippen molar-refractivity contribution in [3.63, 3.8) is 0 Å². The molecule has 1 aliphatic rings. The molecule has 2 rings (SSSR count). The SMILES string of the molecule is C=Cc1cc(OC)ccc1C(=C)C1=CC(C)=CCC1. The Hall–Kier alpha value is -2.02. The molecule has 0 saturated heterocycles. The molecule has 0 aliphatic heterocycles. The Bertz CT molecular complexity index is 573. The van der Waals surface area contributed by atoms with E-state index >= 15 is 0 Å². The molecule has 0 spiro atoms. The first-order chi connectivity index (χ1) is 9.15. The average Bonchev–Trinajstić information content (AvgIpc) is 2.45. The fraction of sp³-hybridized carbons (Fsp3) is 0.222. The molecule has 0 aromatic heterocycles. The summed E-state index contributed by atoms with van der Waals surface area (Å²) < 4.78 is 5.25. The summed E-state index contributed by atoms with van der Waals surface area (Å²) in [7, 11) is 1.68. The maximum Gasteiger partial charge on any atom is 0.119 e. The highest BCUT2D eigenvalue weighted by molar-refractivity contribution is 5.83. The van der Waals surface area contributed by atoms with Crippen molar-refractivity contribution < 1.29 is 4.74 Å². The Morgan fingerprint density at radius 3 is 2.79 bits per heavy atom. The van der Waals surface area contributed by atoms with E-state index in [1.165, 1.54) is 11.1 Å². The van der Waals surface area contributed by atoms with E-state index in [1.807, 2.05) is 18.2 Å². The van der Waals surface area contributed by atoms with E-state index in [1.54, 1.807) is 7.11 Å². The van der Waals surface area contributed by atoms with Gasteiger partial charge in [0.1, 0.15) is 5.75 Å². The van der Waals surface area contributed by atoms with Crippen molar-refractivity contribution in [1.29, 1.82) is 0 Å². The van der Waals surface area contributed by atoms with E-state index in [2.05, 4.69) is 38.3 Å². The first-order valence-corrected chi connectivity index (χ1v) is 6.53. The van der Waals surface area contributed by atoms with Crippen LogP contribution in [0.2, 0.25) is 0 Å². The fourth-order valence-corrected chi connectivity index (χ4v) is 2.38. The quantitative estimate of drug-likeness (QED) is 0.731. The fourth-order valence-electron chi connectivity index (χ4n) is 2.38. The summed E-state index contributed by atoms with van der Waals surface area (Å²) in [5.74, 6) is 0.847.